The smallest absolute Gasteiger partial charge is 0.335 e. The van der Waals surface area contributed by atoms with Crippen molar-refractivity contribution in [1.82, 2.24) is 14.3 Å². The molecule has 0 spiro atoms. The summed E-state index contributed by atoms with van der Waals surface area (Å²) in [5, 5.41) is 8.98. The number of carboxylic acids is 1. The van der Waals surface area contributed by atoms with Crippen molar-refractivity contribution < 1.29 is 14.7 Å². The van der Waals surface area contributed by atoms with Gasteiger partial charge in [0.25, 0.3) is 5.91 Å². The largest absolute Gasteiger partial charge is 0.478 e. The number of carboxylic acid groups (broad SMARTS) is 1. The predicted molar refractivity (Wildman–Crippen MR) is 101 cm³/mol. The van der Waals surface area contributed by atoms with Crippen LogP contribution < -0.4 is 0 Å². The van der Waals surface area contributed by atoms with E-state index >= 15 is 0 Å². The minimum absolute atomic E-state index is 0.0261. The van der Waals surface area contributed by atoms with Gasteiger partial charge in [-0.25, -0.2) is 9.78 Å². The van der Waals surface area contributed by atoms with Crippen LogP contribution in [0, 0.1) is 12.8 Å². The van der Waals surface area contributed by atoms with Gasteiger partial charge in [0.1, 0.15) is 11.3 Å². The first-order valence-electron chi connectivity index (χ1n) is 9.07. The van der Waals surface area contributed by atoms with Gasteiger partial charge in [0.05, 0.1) is 5.56 Å². The number of carbonyl (C=O) groups is 2. The van der Waals surface area contributed by atoms with Crippen molar-refractivity contribution in [2.24, 2.45) is 5.92 Å². The van der Waals surface area contributed by atoms with Gasteiger partial charge >= 0.3 is 5.97 Å². The Morgan fingerprint density at radius 3 is 2.67 bits per heavy atom. The summed E-state index contributed by atoms with van der Waals surface area (Å²) < 4.78 is 1.94. The number of nitrogens with zero attached hydrogens (tertiary/aromatic N) is 3. The lowest BCUT2D eigenvalue weighted by atomic mass is 9.98. The van der Waals surface area contributed by atoms with Crippen molar-refractivity contribution in [2.45, 2.75) is 19.8 Å². The van der Waals surface area contributed by atoms with E-state index in [2.05, 4.69) is 4.98 Å². The number of amides is 1. The SMILES string of the molecule is Cc1cccc2nc(C(=O)N3CCC(Cc4ccc(C(=O)O)cc4)C3)cn12. The molecule has 0 aliphatic carbocycles. The fraction of sp³-hybridized carbons (Fsp3) is 0.286. The number of hydrogen-bond acceptors (Lipinski definition) is 3. The van der Waals surface area contributed by atoms with Crippen molar-refractivity contribution >= 4 is 17.5 Å². The van der Waals surface area contributed by atoms with Gasteiger partial charge in [0.2, 0.25) is 0 Å². The normalized spacial score (nSPS) is 16.8. The number of aryl methyl sites for hydroxylation is 1. The molecular formula is C21H21N3O3. The third-order valence-electron chi connectivity index (χ3n) is 5.21. The molecule has 6 heteroatoms. The van der Waals surface area contributed by atoms with Crippen molar-refractivity contribution in [3.63, 3.8) is 0 Å². The topological polar surface area (TPSA) is 74.9 Å². The van der Waals surface area contributed by atoms with E-state index < -0.39 is 5.97 Å². The number of likely N-dealkylation sites (tertiary alicyclic amines) is 1. The minimum atomic E-state index is -0.915. The number of hydrogen-bond donors (Lipinski definition) is 1. The third-order valence-corrected chi connectivity index (χ3v) is 5.21. The Morgan fingerprint density at radius 2 is 1.96 bits per heavy atom. The van der Waals surface area contributed by atoms with Gasteiger partial charge in [0, 0.05) is 25.0 Å². The van der Waals surface area contributed by atoms with Crippen molar-refractivity contribution in [1.29, 1.82) is 0 Å². The number of pyridine rings is 1. The zero-order chi connectivity index (χ0) is 19.0. The maximum absolute atomic E-state index is 12.8. The fourth-order valence-electron chi connectivity index (χ4n) is 3.71. The van der Waals surface area contributed by atoms with Gasteiger partial charge in [-0.05, 0) is 55.5 Å². The van der Waals surface area contributed by atoms with E-state index in [9.17, 15) is 9.59 Å². The molecule has 1 unspecified atom stereocenters. The molecule has 1 aromatic carbocycles. The summed E-state index contributed by atoms with van der Waals surface area (Å²) in [4.78, 5) is 30.1. The number of imidazole rings is 1. The maximum atomic E-state index is 12.8. The molecule has 1 aliphatic heterocycles. The predicted octanol–water partition coefficient (Wildman–Crippen LogP) is 3.05. The van der Waals surface area contributed by atoms with E-state index in [0.717, 1.165) is 36.3 Å². The van der Waals surface area contributed by atoms with Crippen LogP contribution in [0.15, 0.2) is 48.7 Å². The summed E-state index contributed by atoms with van der Waals surface area (Å²) in [6, 6.07) is 12.8. The number of benzene rings is 1. The van der Waals surface area contributed by atoms with Crippen LogP contribution >= 0.6 is 0 Å². The molecule has 1 fully saturated rings. The lowest BCUT2D eigenvalue weighted by molar-refractivity contribution is 0.0696. The molecule has 3 heterocycles. The summed E-state index contributed by atoms with van der Waals surface area (Å²) in [5.41, 5.74) is 3.71. The van der Waals surface area contributed by atoms with Gasteiger partial charge < -0.3 is 14.4 Å². The van der Waals surface area contributed by atoms with Crippen molar-refractivity contribution in [2.75, 3.05) is 13.1 Å². The highest BCUT2D eigenvalue weighted by Gasteiger charge is 2.28. The maximum Gasteiger partial charge on any atom is 0.335 e. The number of aromatic carboxylic acids is 1. The summed E-state index contributed by atoms with van der Waals surface area (Å²) in [6.07, 6.45) is 3.59. The van der Waals surface area contributed by atoms with E-state index in [4.69, 9.17) is 5.11 Å². The van der Waals surface area contributed by atoms with Gasteiger partial charge in [-0.3, -0.25) is 4.79 Å². The second kappa shape index (κ2) is 6.87. The quantitative estimate of drug-likeness (QED) is 0.773. The van der Waals surface area contributed by atoms with E-state index in [1.165, 1.54) is 0 Å². The second-order valence-electron chi connectivity index (χ2n) is 7.13. The molecule has 1 saturated heterocycles. The lowest BCUT2D eigenvalue weighted by Gasteiger charge is -2.15. The van der Waals surface area contributed by atoms with E-state index in [1.807, 2.05) is 52.8 Å². The molecule has 0 bridgehead atoms. The van der Waals surface area contributed by atoms with Crippen LogP contribution in [-0.2, 0) is 6.42 Å². The molecule has 4 rings (SSSR count). The monoisotopic (exact) mass is 363 g/mol. The molecule has 1 atom stereocenters. The van der Waals surface area contributed by atoms with Gasteiger partial charge in [-0.1, -0.05) is 18.2 Å². The zero-order valence-corrected chi connectivity index (χ0v) is 15.1. The average Bonchev–Trinajstić information content (AvgIpc) is 3.29. The first-order chi connectivity index (χ1) is 13.0. The molecule has 1 N–H and O–H groups in total. The first kappa shape index (κ1) is 17.3. The van der Waals surface area contributed by atoms with E-state index in [-0.39, 0.29) is 5.91 Å². The summed E-state index contributed by atoms with van der Waals surface area (Å²) in [7, 11) is 0. The van der Waals surface area contributed by atoms with Crippen molar-refractivity contribution in [3.05, 3.63) is 71.2 Å². The van der Waals surface area contributed by atoms with Crippen LogP contribution in [0.1, 0.15) is 38.5 Å². The number of aromatic nitrogens is 2. The highest BCUT2D eigenvalue weighted by atomic mass is 16.4. The van der Waals surface area contributed by atoms with Crippen LogP contribution in [0.25, 0.3) is 5.65 Å². The van der Waals surface area contributed by atoms with E-state index in [0.29, 0.717) is 23.7 Å². The molecule has 138 valence electrons. The number of rotatable bonds is 4. The van der Waals surface area contributed by atoms with Gasteiger partial charge in [-0.2, -0.15) is 0 Å². The highest BCUT2D eigenvalue weighted by Crippen LogP contribution is 2.23. The summed E-state index contributed by atoms with van der Waals surface area (Å²) in [5.74, 6) is -0.563. The molecule has 1 aliphatic rings. The summed E-state index contributed by atoms with van der Waals surface area (Å²) in [6.45, 7) is 3.42. The molecular weight excluding hydrogens is 342 g/mol. The molecule has 6 nitrogen and oxygen atoms in total. The highest BCUT2D eigenvalue weighted by molar-refractivity contribution is 5.93. The van der Waals surface area contributed by atoms with Crippen LogP contribution in [0.3, 0.4) is 0 Å². The van der Waals surface area contributed by atoms with Crippen LogP contribution in [0.2, 0.25) is 0 Å². The van der Waals surface area contributed by atoms with Gasteiger partial charge in [-0.15, -0.1) is 0 Å². The van der Waals surface area contributed by atoms with Crippen molar-refractivity contribution in [3.8, 4) is 0 Å². The Morgan fingerprint density at radius 1 is 1.19 bits per heavy atom. The first-order valence-corrected chi connectivity index (χ1v) is 9.07. The number of fused-ring (bicyclic) bond motifs is 1. The molecule has 0 saturated carbocycles. The van der Waals surface area contributed by atoms with Crippen LogP contribution in [-0.4, -0.2) is 44.4 Å². The third kappa shape index (κ3) is 3.43. The Balaban J connectivity index is 1.43. The molecule has 3 aromatic rings. The Labute approximate surface area is 157 Å². The Hall–Kier alpha value is -3.15. The summed E-state index contributed by atoms with van der Waals surface area (Å²) >= 11 is 0. The lowest BCUT2D eigenvalue weighted by Crippen LogP contribution is -2.29. The molecule has 1 amide bonds. The average molecular weight is 363 g/mol. The van der Waals surface area contributed by atoms with Crippen LogP contribution in [0.5, 0.6) is 0 Å². The van der Waals surface area contributed by atoms with Gasteiger partial charge in [0.15, 0.2) is 0 Å². The van der Waals surface area contributed by atoms with E-state index in [1.54, 1.807) is 12.1 Å². The Kier molecular flexibility index (Phi) is 4.39. The van der Waals surface area contributed by atoms with Crippen LogP contribution in [0.4, 0.5) is 0 Å². The molecule has 0 radical (unpaired) electrons. The minimum Gasteiger partial charge on any atom is -0.478 e. The Bertz CT molecular complexity index is 1010. The fourth-order valence-corrected chi connectivity index (χ4v) is 3.71. The second-order valence-corrected chi connectivity index (χ2v) is 7.13. The molecule has 27 heavy (non-hydrogen) atoms. The standard InChI is InChI=1S/C21H21N3O3/c1-14-3-2-4-19-22-18(13-24(14)19)20(25)23-10-9-16(12-23)11-15-5-7-17(8-6-15)21(26)27/h2-8,13,16H,9-12H2,1H3,(H,26,27). The number of carbonyl (C=O) groups excluding carboxylic acids is 1. The molecule has 2 aromatic heterocycles. The zero-order valence-electron chi connectivity index (χ0n) is 15.1.